The number of aromatic nitrogens is 1. The Labute approximate surface area is 420 Å². The van der Waals surface area contributed by atoms with Crippen LogP contribution < -0.4 is 15.1 Å². The molecule has 0 fully saturated rings. The van der Waals surface area contributed by atoms with Crippen LogP contribution in [0.2, 0.25) is 0 Å². The van der Waals surface area contributed by atoms with Crippen LogP contribution in [0.5, 0.6) is 0 Å². The summed E-state index contributed by atoms with van der Waals surface area (Å²) in [5.41, 5.74) is 14.9. The Hall–Kier alpha value is -8.16. The number of hydrogen-bond donors (Lipinski definition) is 1. The number of rotatable bonds is 8. The maximum Gasteiger partial charge on any atom is 0.145 e. The van der Waals surface area contributed by atoms with Gasteiger partial charge in [0.1, 0.15) is 34.2 Å². The molecule has 1 atom stereocenters. The van der Waals surface area contributed by atoms with Crippen molar-refractivity contribution in [3.63, 3.8) is 0 Å². The SMILES string of the molecule is CC1=CC=C(N(c2ccc(C(C)(C)C)cc2)c2cc3c(c4occc24)-c2c(cc(N(c4ccc(C(C)(C)C)cc4)c4ccc(C)cn4)c4c2oc2ccccc24)C3(c2ccccc2)c2cccc(F)c2)NC1. The Morgan fingerprint density at radius 2 is 1.24 bits per heavy atom. The second kappa shape index (κ2) is 16.7. The molecule has 1 N–H and O–H groups in total. The number of furan rings is 2. The number of hydrogen-bond acceptors (Lipinski definition) is 6. The summed E-state index contributed by atoms with van der Waals surface area (Å²) in [5, 5.41) is 6.59. The van der Waals surface area contributed by atoms with Crippen molar-refractivity contribution in [2.24, 2.45) is 0 Å². The van der Waals surface area contributed by atoms with E-state index >= 15 is 4.39 Å². The van der Waals surface area contributed by atoms with Crippen molar-refractivity contribution in [2.75, 3.05) is 16.3 Å². The first-order chi connectivity index (χ1) is 34.7. The number of fused-ring (bicyclic) bond motifs is 9. The Morgan fingerprint density at radius 1 is 0.597 bits per heavy atom. The zero-order valence-corrected chi connectivity index (χ0v) is 42.1. The van der Waals surface area contributed by atoms with E-state index in [2.05, 4.69) is 204 Å². The number of dihydropyridines is 1. The van der Waals surface area contributed by atoms with E-state index < -0.39 is 5.41 Å². The molecule has 72 heavy (non-hydrogen) atoms. The summed E-state index contributed by atoms with van der Waals surface area (Å²) in [6.07, 6.45) is 8.06. The van der Waals surface area contributed by atoms with Crippen LogP contribution in [0.4, 0.5) is 33.0 Å². The molecule has 7 aromatic carbocycles. The normalized spacial score (nSPS) is 15.6. The van der Waals surface area contributed by atoms with Crippen LogP contribution in [-0.2, 0) is 16.2 Å². The van der Waals surface area contributed by atoms with Gasteiger partial charge in [-0.1, -0.05) is 144 Å². The van der Waals surface area contributed by atoms with Gasteiger partial charge in [0.2, 0.25) is 0 Å². The fraction of sp³-hybridized carbons (Fsp3) is 0.185. The van der Waals surface area contributed by atoms with E-state index in [1.54, 1.807) is 12.3 Å². The van der Waals surface area contributed by atoms with Crippen LogP contribution in [-0.4, -0.2) is 11.5 Å². The third-order valence-electron chi connectivity index (χ3n) is 14.8. The first-order valence-electron chi connectivity index (χ1n) is 24.9. The van der Waals surface area contributed by atoms with Crippen molar-refractivity contribution >= 4 is 61.5 Å². The Morgan fingerprint density at radius 3 is 1.88 bits per heavy atom. The van der Waals surface area contributed by atoms with Gasteiger partial charge in [-0.15, -0.1) is 0 Å². The molecule has 1 aliphatic carbocycles. The second-order valence-electron chi connectivity index (χ2n) is 21.6. The van der Waals surface area contributed by atoms with Crippen LogP contribution in [0.25, 0.3) is 44.0 Å². The number of halogens is 1. The van der Waals surface area contributed by atoms with Gasteiger partial charge in [0, 0.05) is 46.0 Å². The van der Waals surface area contributed by atoms with E-state index in [1.165, 1.54) is 22.8 Å². The van der Waals surface area contributed by atoms with Gasteiger partial charge >= 0.3 is 0 Å². The van der Waals surface area contributed by atoms with Gasteiger partial charge < -0.3 is 14.2 Å². The lowest BCUT2D eigenvalue weighted by Crippen LogP contribution is -2.32. The molecule has 2 aliphatic rings. The van der Waals surface area contributed by atoms with Gasteiger partial charge in [0.25, 0.3) is 0 Å². The summed E-state index contributed by atoms with van der Waals surface area (Å²) in [6.45, 7) is 18.3. The summed E-state index contributed by atoms with van der Waals surface area (Å²) < 4.78 is 30.6. The molecule has 4 heterocycles. The number of nitrogens with one attached hydrogen (secondary N) is 1. The fourth-order valence-electron chi connectivity index (χ4n) is 11.1. The topological polar surface area (TPSA) is 57.7 Å². The minimum absolute atomic E-state index is 0.0369. The summed E-state index contributed by atoms with van der Waals surface area (Å²) in [4.78, 5) is 9.71. The number of para-hydroxylation sites is 1. The van der Waals surface area contributed by atoms with E-state index in [9.17, 15) is 0 Å². The highest BCUT2D eigenvalue weighted by molar-refractivity contribution is 6.22. The quantitative estimate of drug-likeness (QED) is 0.164. The van der Waals surface area contributed by atoms with Crippen LogP contribution in [0.3, 0.4) is 0 Å². The van der Waals surface area contributed by atoms with Crippen LogP contribution in [0, 0.1) is 12.7 Å². The molecule has 3 aromatic heterocycles. The lowest BCUT2D eigenvalue weighted by atomic mass is 9.67. The van der Waals surface area contributed by atoms with E-state index in [-0.39, 0.29) is 16.6 Å². The average Bonchev–Trinajstić information content (AvgIpc) is 4.09. The van der Waals surface area contributed by atoms with E-state index in [0.29, 0.717) is 17.7 Å². The Kier molecular flexibility index (Phi) is 10.5. The molecule has 0 bridgehead atoms. The first-order valence-corrected chi connectivity index (χ1v) is 24.9. The predicted molar refractivity (Wildman–Crippen MR) is 294 cm³/mol. The molecule has 10 aromatic rings. The predicted octanol–water partition coefficient (Wildman–Crippen LogP) is 17.1. The molecule has 1 unspecified atom stereocenters. The number of benzene rings is 7. The molecular weight excluding hydrogens is 888 g/mol. The van der Waals surface area contributed by atoms with Crippen LogP contribution in [0.15, 0.2) is 203 Å². The van der Waals surface area contributed by atoms with E-state index in [1.807, 2.05) is 30.5 Å². The summed E-state index contributed by atoms with van der Waals surface area (Å²) in [5.74, 6) is 1.35. The van der Waals surface area contributed by atoms with E-state index in [0.717, 1.165) is 95.1 Å². The fourth-order valence-corrected chi connectivity index (χ4v) is 11.1. The third kappa shape index (κ3) is 7.16. The second-order valence-corrected chi connectivity index (χ2v) is 21.6. The molecule has 6 nitrogen and oxygen atoms in total. The lowest BCUT2D eigenvalue weighted by molar-refractivity contribution is 0.590. The maximum atomic E-state index is 16.4. The summed E-state index contributed by atoms with van der Waals surface area (Å²) >= 11 is 0. The van der Waals surface area contributed by atoms with Gasteiger partial charge in [0.15, 0.2) is 0 Å². The van der Waals surface area contributed by atoms with Crippen molar-refractivity contribution in [1.29, 1.82) is 0 Å². The highest BCUT2D eigenvalue weighted by atomic mass is 19.1. The van der Waals surface area contributed by atoms with Crippen molar-refractivity contribution in [3.8, 4) is 11.1 Å². The average molecular weight is 945 g/mol. The van der Waals surface area contributed by atoms with Crippen molar-refractivity contribution in [1.82, 2.24) is 10.3 Å². The first kappa shape index (κ1) is 45.0. The highest BCUT2D eigenvalue weighted by Crippen LogP contribution is 2.63. The third-order valence-corrected chi connectivity index (χ3v) is 14.8. The smallest absolute Gasteiger partial charge is 0.145 e. The molecule has 7 heteroatoms. The number of allylic oxidation sites excluding steroid dienone is 2. The van der Waals surface area contributed by atoms with Crippen molar-refractivity contribution in [3.05, 3.63) is 238 Å². The molecule has 0 radical (unpaired) electrons. The molecule has 12 rings (SSSR count). The summed E-state index contributed by atoms with van der Waals surface area (Å²) in [7, 11) is 0. The van der Waals surface area contributed by atoms with Gasteiger partial charge in [-0.05, 0) is 136 Å². The minimum atomic E-state index is -1.11. The van der Waals surface area contributed by atoms with Crippen LogP contribution in [0.1, 0.15) is 87.4 Å². The molecule has 0 amide bonds. The minimum Gasteiger partial charge on any atom is -0.464 e. The highest BCUT2D eigenvalue weighted by Gasteiger charge is 2.51. The lowest BCUT2D eigenvalue weighted by Gasteiger charge is -2.36. The zero-order valence-electron chi connectivity index (χ0n) is 42.1. The van der Waals surface area contributed by atoms with Gasteiger partial charge in [-0.25, -0.2) is 9.37 Å². The van der Waals surface area contributed by atoms with Crippen LogP contribution >= 0.6 is 0 Å². The van der Waals surface area contributed by atoms with Gasteiger partial charge in [0.05, 0.1) is 28.4 Å². The monoisotopic (exact) mass is 944 g/mol. The Bertz CT molecular complexity index is 3790. The molecule has 0 saturated heterocycles. The summed E-state index contributed by atoms with van der Waals surface area (Å²) in [6, 6.07) is 54.6. The Balaban J connectivity index is 1.25. The molecule has 1 aliphatic heterocycles. The number of anilines is 5. The molecule has 356 valence electrons. The van der Waals surface area contributed by atoms with Gasteiger partial charge in [-0.3, -0.25) is 9.80 Å². The maximum absolute atomic E-state index is 16.4. The standard InChI is InChI=1S/C65H57FN4O2/c1-40-21-31-56(67-38-40)69(47-27-23-42(24-28-47)63(3,4)5)53-36-51-59(61-49(53)33-34-71-61)60-52(65(51,44-15-10-9-11-16-44)45-17-14-18-46(66)35-45)37-54(58-50-19-12-13-20-55(50)72-62(58)60)70(57-32-22-41(2)39-68-57)48-29-25-43(26-30-48)64(6,7)8/h9-37,39,67H,38H2,1-8H3. The number of nitrogens with zero attached hydrogens (tertiary/aromatic N) is 3. The van der Waals surface area contributed by atoms with Crippen molar-refractivity contribution < 1.29 is 13.2 Å². The van der Waals surface area contributed by atoms with Gasteiger partial charge in [-0.2, -0.15) is 0 Å². The van der Waals surface area contributed by atoms with E-state index in [4.69, 9.17) is 13.8 Å². The molecule has 0 spiro atoms. The number of aryl methyl sites for hydroxylation is 1. The zero-order chi connectivity index (χ0) is 49.7. The van der Waals surface area contributed by atoms with Crippen molar-refractivity contribution in [2.45, 2.75) is 71.6 Å². The number of pyridine rings is 1. The largest absolute Gasteiger partial charge is 0.464 e. The molecule has 0 saturated carbocycles. The molecular formula is C65H57FN4O2.